The van der Waals surface area contributed by atoms with Gasteiger partial charge in [0, 0.05) is 13.0 Å². The number of ketones is 1. The van der Waals surface area contributed by atoms with E-state index in [4.69, 9.17) is 11.0 Å². The molecule has 3 N–H and O–H groups in total. The van der Waals surface area contributed by atoms with E-state index >= 15 is 0 Å². The van der Waals surface area contributed by atoms with Gasteiger partial charge in [-0.2, -0.15) is 5.26 Å². The number of nitrogens with one attached hydrogen (secondary N) is 1. The lowest BCUT2D eigenvalue weighted by atomic mass is 10.2. The van der Waals surface area contributed by atoms with Gasteiger partial charge in [0.25, 0.3) is 0 Å². The van der Waals surface area contributed by atoms with Crippen LogP contribution in [0.4, 0.5) is 10.7 Å². The van der Waals surface area contributed by atoms with Crippen molar-refractivity contribution in [1.29, 1.82) is 5.26 Å². The zero-order valence-electron chi connectivity index (χ0n) is 9.63. The van der Waals surface area contributed by atoms with E-state index in [0.29, 0.717) is 21.1 Å². The van der Waals surface area contributed by atoms with Crippen molar-refractivity contribution in [2.24, 2.45) is 0 Å². The van der Waals surface area contributed by atoms with E-state index in [9.17, 15) is 4.79 Å². The molecule has 1 rings (SSSR count). The average molecular weight is 237 g/mol. The second-order valence-corrected chi connectivity index (χ2v) is 4.69. The lowest BCUT2D eigenvalue weighted by molar-refractivity contribution is 0.102. The molecule has 0 fully saturated rings. The fourth-order valence-electron chi connectivity index (χ4n) is 1.24. The minimum atomic E-state index is -0.101. The molecule has 1 heterocycles. The van der Waals surface area contributed by atoms with Crippen molar-refractivity contribution in [2.45, 2.75) is 33.2 Å². The normalized spacial score (nSPS) is 11.9. The Morgan fingerprint density at radius 1 is 1.69 bits per heavy atom. The Morgan fingerprint density at radius 2 is 2.31 bits per heavy atom. The van der Waals surface area contributed by atoms with E-state index in [-0.39, 0.29) is 11.8 Å². The summed E-state index contributed by atoms with van der Waals surface area (Å²) in [5.74, 6) is -0.101. The average Bonchev–Trinajstić information content (AvgIpc) is 2.55. The number of carbonyl (C=O) groups is 1. The molecule has 1 atom stereocenters. The second-order valence-electron chi connectivity index (χ2n) is 3.67. The molecular weight excluding hydrogens is 222 g/mol. The van der Waals surface area contributed by atoms with Gasteiger partial charge in [-0.05, 0) is 13.3 Å². The second kappa shape index (κ2) is 4.99. The third-order valence-electron chi connectivity index (χ3n) is 2.37. The number of anilines is 2. The van der Waals surface area contributed by atoms with Crippen molar-refractivity contribution in [3.8, 4) is 6.07 Å². The molecule has 4 nitrogen and oxygen atoms in total. The third kappa shape index (κ3) is 2.34. The van der Waals surface area contributed by atoms with E-state index in [2.05, 4.69) is 5.32 Å². The molecule has 0 aromatic carbocycles. The molecule has 0 aliphatic heterocycles. The van der Waals surface area contributed by atoms with E-state index in [1.54, 1.807) is 0 Å². The first-order chi connectivity index (χ1) is 7.51. The van der Waals surface area contributed by atoms with Gasteiger partial charge in [0.1, 0.15) is 16.6 Å². The quantitative estimate of drug-likeness (QED) is 0.789. The standard InChI is InChI=1S/C11H15N3OS/c1-4-6(2)14-11-8(5-12)9(13)10(16-11)7(3)15/h6,14H,4,13H2,1-3H3. The maximum absolute atomic E-state index is 11.3. The number of Topliss-reactive ketones (excluding diaryl/α,β-unsaturated/α-hetero) is 1. The monoisotopic (exact) mass is 237 g/mol. The fraction of sp³-hybridized carbons (Fsp3) is 0.455. The number of nitrogens with two attached hydrogens (primary N) is 1. The molecular formula is C11H15N3OS. The van der Waals surface area contributed by atoms with Crippen LogP contribution < -0.4 is 11.1 Å². The maximum atomic E-state index is 11.3. The molecule has 0 spiro atoms. The lowest BCUT2D eigenvalue weighted by Crippen LogP contribution is -2.13. The van der Waals surface area contributed by atoms with Crippen LogP contribution >= 0.6 is 11.3 Å². The minimum Gasteiger partial charge on any atom is -0.396 e. The van der Waals surface area contributed by atoms with Crippen molar-refractivity contribution in [2.75, 3.05) is 11.1 Å². The topological polar surface area (TPSA) is 78.9 Å². The van der Waals surface area contributed by atoms with Gasteiger partial charge in [-0.15, -0.1) is 11.3 Å². The van der Waals surface area contributed by atoms with Gasteiger partial charge < -0.3 is 11.1 Å². The van der Waals surface area contributed by atoms with Gasteiger partial charge in [-0.3, -0.25) is 4.79 Å². The number of nitriles is 1. The SMILES string of the molecule is CCC(C)Nc1sc(C(C)=O)c(N)c1C#N. The summed E-state index contributed by atoms with van der Waals surface area (Å²) >= 11 is 1.25. The Morgan fingerprint density at radius 3 is 2.75 bits per heavy atom. The van der Waals surface area contributed by atoms with E-state index in [1.165, 1.54) is 18.3 Å². The molecule has 0 saturated carbocycles. The molecule has 5 heteroatoms. The number of nitrogen functional groups attached to an aromatic ring is 1. The van der Waals surface area contributed by atoms with Crippen LogP contribution in [0, 0.1) is 11.3 Å². The van der Waals surface area contributed by atoms with Crippen molar-refractivity contribution in [1.82, 2.24) is 0 Å². The Hall–Kier alpha value is -1.54. The number of carbonyl (C=O) groups excluding carboxylic acids is 1. The third-order valence-corrected chi connectivity index (χ3v) is 3.60. The van der Waals surface area contributed by atoms with Crippen LogP contribution in [-0.4, -0.2) is 11.8 Å². The van der Waals surface area contributed by atoms with Gasteiger partial charge in [0.2, 0.25) is 0 Å². The van der Waals surface area contributed by atoms with Crippen LogP contribution in [0.25, 0.3) is 0 Å². The van der Waals surface area contributed by atoms with E-state index in [1.807, 2.05) is 19.9 Å². The maximum Gasteiger partial charge on any atom is 0.171 e. The lowest BCUT2D eigenvalue weighted by Gasteiger charge is -2.10. The van der Waals surface area contributed by atoms with Crippen LogP contribution in [0.15, 0.2) is 0 Å². The van der Waals surface area contributed by atoms with Gasteiger partial charge >= 0.3 is 0 Å². The molecule has 0 amide bonds. The van der Waals surface area contributed by atoms with Crippen molar-refractivity contribution in [3.05, 3.63) is 10.4 Å². The summed E-state index contributed by atoms with van der Waals surface area (Å²) in [7, 11) is 0. The number of thiophene rings is 1. The van der Waals surface area contributed by atoms with E-state index < -0.39 is 0 Å². The summed E-state index contributed by atoms with van der Waals surface area (Å²) in [4.78, 5) is 11.8. The highest BCUT2D eigenvalue weighted by Gasteiger charge is 2.19. The Labute approximate surface area is 99.1 Å². The molecule has 1 aromatic heterocycles. The number of hydrogen-bond donors (Lipinski definition) is 2. The summed E-state index contributed by atoms with van der Waals surface area (Å²) < 4.78 is 0. The van der Waals surface area contributed by atoms with Gasteiger partial charge in [-0.25, -0.2) is 0 Å². The van der Waals surface area contributed by atoms with Crippen molar-refractivity contribution >= 4 is 27.8 Å². The van der Waals surface area contributed by atoms with Crippen LogP contribution in [0.3, 0.4) is 0 Å². The molecule has 0 aliphatic rings. The highest BCUT2D eigenvalue weighted by Crippen LogP contribution is 2.35. The summed E-state index contributed by atoms with van der Waals surface area (Å²) in [6.45, 7) is 5.52. The molecule has 1 aromatic rings. The molecule has 0 aliphatic carbocycles. The zero-order valence-corrected chi connectivity index (χ0v) is 10.4. The molecule has 0 radical (unpaired) electrons. The Kier molecular flexibility index (Phi) is 3.91. The molecule has 1 unspecified atom stereocenters. The summed E-state index contributed by atoms with van der Waals surface area (Å²) in [5, 5.41) is 12.9. The van der Waals surface area contributed by atoms with Crippen molar-refractivity contribution in [3.63, 3.8) is 0 Å². The molecule has 0 saturated heterocycles. The molecule has 0 bridgehead atoms. The smallest absolute Gasteiger partial charge is 0.171 e. The highest BCUT2D eigenvalue weighted by atomic mass is 32.1. The Bertz CT molecular complexity index is 445. The fourth-order valence-corrected chi connectivity index (χ4v) is 2.32. The number of nitrogens with zero attached hydrogens (tertiary/aromatic N) is 1. The van der Waals surface area contributed by atoms with Gasteiger partial charge in [-0.1, -0.05) is 6.92 Å². The first-order valence-electron chi connectivity index (χ1n) is 5.11. The molecule has 16 heavy (non-hydrogen) atoms. The molecule has 86 valence electrons. The first-order valence-corrected chi connectivity index (χ1v) is 5.92. The van der Waals surface area contributed by atoms with Crippen LogP contribution in [-0.2, 0) is 0 Å². The van der Waals surface area contributed by atoms with Crippen LogP contribution in [0.2, 0.25) is 0 Å². The first kappa shape index (κ1) is 12.5. The zero-order chi connectivity index (χ0) is 12.3. The highest BCUT2D eigenvalue weighted by molar-refractivity contribution is 7.19. The van der Waals surface area contributed by atoms with Crippen LogP contribution in [0.5, 0.6) is 0 Å². The van der Waals surface area contributed by atoms with Crippen molar-refractivity contribution < 1.29 is 4.79 Å². The minimum absolute atomic E-state index is 0.101. The summed E-state index contributed by atoms with van der Waals surface area (Å²) in [5.41, 5.74) is 6.44. The van der Waals surface area contributed by atoms with Gasteiger partial charge in [0.05, 0.1) is 10.6 Å². The van der Waals surface area contributed by atoms with Crippen LogP contribution in [0.1, 0.15) is 42.4 Å². The predicted octanol–water partition coefficient (Wildman–Crippen LogP) is 2.61. The number of hydrogen-bond acceptors (Lipinski definition) is 5. The number of rotatable bonds is 4. The van der Waals surface area contributed by atoms with Gasteiger partial charge in [0.15, 0.2) is 5.78 Å². The summed E-state index contributed by atoms with van der Waals surface area (Å²) in [6.07, 6.45) is 0.943. The summed E-state index contributed by atoms with van der Waals surface area (Å²) in [6, 6.07) is 2.29. The predicted molar refractivity (Wildman–Crippen MR) is 66.8 cm³/mol. The Balaban J connectivity index is 3.15. The largest absolute Gasteiger partial charge is 0.396 e. The van der Waals surface area contributed by atoms with E-state index in [0.717, 1.165) is 6.42 Å².